The molecule has 0 fully saturated rings. The first-order chi connectivity index (χ1) is 7.97. The van der Waals surface area contributed by atoms with Gasteiger partial charge < -0.3 is 14.9 Å². The molecule has 2 N–H and O–H groups in total. The van der Waals surface area contributed by atoms with Crippen molar-refractivity contribution in [1.82, 2.24) is 0 Å². The van der Waals surface area contributed by atoms with E-state index in [1.807, 2.05) is 0 Å². The van der Waals surface area contributed by atoms with Crippen LogP contribution >= 0.6 is 0 Å². The van der Waals surface area contributed by atoms with E-state index in [1.54, 1.807) is 6.92 Å². The Balaban J connectivity index is 3.66. The van der Waals surface area contributed by atoms with Gasteiger partial charge in [0.15, 0.2) is 0 Å². The highest BCUT2D eigenvalue weighted by Crippen LogP contribution is 2.12. The second-order valence-electron chi connectivity index (χ2n) is 4.02. The van der Waals surface area contributed by atoms with Crippen LogP contribution in [0.2, 0.25) is 0 Å². The van der Waals surface area contributed by atoms with E-state index >= 15 is 0 Å². The molecule has 0 aromatic rings. The van der Waals surface area contributed by atoms with Crippen LogP contribution in [0, 0.1) is 5.92 Å². The molecule has 2 unspecified atom stereocenters. The minimum absolute atomic E-state index is 0.118. The molecule has 17 heavy (non-hydrogen) atoms. The van der Waals surface area contributed by atoms with Gasteiger partial charge in [0.25, 0.3) is 0 Å². The van der Waals surface area contributed by atoms with Crippen LogP contribution in [0.5, 0.6) is 0 Å². The number of esters is 1. The van der Waals surface area contributed by atoms with Gasteiger partial charge in [-0.25, -0.2) is 4.79 Å². The third kappa shape index (κ3) is 8.45. The summed E-state index contributed by atoms with van der Waals surface area (Å²) in [4.78, 5) is 21.0. The Labute approximate surface area is 101 Å². The monoisotopic (exact) mass is 244 g/mol. The number of aliphatic hydroxyl groups excluding tert-OH is 1. The van der Waals surface area contributed by atoms with E-state index in [-0.39, 0.29) is 18.9 Å². The quantitative estimate of drug-likeness (QED) is 0.363. The molecule has 0 saturated heterocycles. The molecule has 5 nitrogen and oxygen atoms in total. The van der Waals surface area contributed by atoms with Gasteiger partial charge >= 0.3 is 11.9 Å². The molecular weight excluding hydrogens is 224 g/mol. The Hall–Kier alpha value is -1.36. The summed E-state index contributed by atoms with van der Waals surface area (Å²) in [5.41, 5.74) is 0. The minimum Gasteiger partial charge on any atom is -0.481 e. The topological polar surface area (TPSA) is 83.8 Å². The molecule has 98 valence electrons. The van der Waals surface area contributed by atoms with Crippen LogP contribution < -0.4 is 0 Å². The van der Waals surface area contributed by atoms with Crippen LogP contribution in [0.4, 0.5) is 0 Å². The minimum atomic E-state index is -0.826. The highest BCUT2D eigenvalue weighted by Gasteiger charge is 2.15. The highest BCUT2D eigenvalue weighted by molar-refractivity contribution is 5.81. The van der Waals surface area contributed by atoms with Crippen LogP contribution in [0.15, 0.2) is 12.7 Å². The Morgan fingerprint density at radius 2 is 2.06 bits per heavy atom. The second kappa shape index (κ2) is 8.75. The number of rotatable bonds is 9. The van der Waals surface area contributed by atoms with Crippen molar-refractivity contribution < 1.29 is 24.5 Å². The van der Waals surface area contributed by atoms with Crippen molar-refractivity contribution in [3.05, 3.63) is 12.7 Å². The molecule has 0 aliphatic rings. The van der Waals surface area contributed by atoms with E-state index in [1.165, 1.54) is 0 Å². The molecule has 0 aliphatic carbocycles. The number of carbonyl (C=O) groups excluding carboxylic acids is 1. The summed E-state index contributed by atoms with van der Waals surface area (Å²) >= 11 is 0. The third-order valence-corrected chi connectivity index (χ3v) is 2.45. The highest BCUT2D eigenvalue weighted by atomic mass is 16.5. The largest absolute Gasteiger partial charge is 0.481 e. The van der Waals surface area contributed by atoms with E-state index in [9.17, 15) is 14.7 Å². The van der Waals surface area contributed by atoms with Gasteiger partial charge in [0, 0.05) is 18.4 Å². The van der Waals surface area contributed by atoms with Crippen molar-refractivity contribution >= 4 is 11.9 Å². The summed E-state index contributed by atoms with van der Waals surface area (Å²) in [6.07, 6.45) is 2.32. The molecule has 0 spiro atoms. The predicted octanol–water partition coefficient (Wildman–Crippen LogP) is 1.36. The number of ether oxygens (including phenoxy) is 1. The lowest BCUT2D eigenvalue weighted by molar-refractivity contribution is -0.140. The lowest BCUT2D eigenvalue weighted by atomic mass is 10.00. The van der Waals surface area contributed by atoms with Gasteiger partial charge in [-0.15, -0.1) is 0 Å². The van der Waals surface area contributed by atoms with E-state index in [0.29, 0.717) is 19.3 Å². The van der Waals surface area contributed by atoms with Crippen LogP contribution in [0.1, 0.15) is 32.6 Å². The normalized spacial score (nSPS) is 13.8. The van der Waals surface area contributed by atoms with Crippen LogP contribution in [-0.4, -0.2) is 34.9 Å². The standard InChI is InChI=1S/C12H20O5/c1-3-12(16)17-8-9(2)10(13)6-4-5-7-11(14)15/h3,9-10,13H,1,4-8H2,2H3,(H,14,15). The zero-order valence-corrected chi connectivity index (χ0v) is 10.1. The van der Waals surface area contributed by atoms with Crippen molar-refractivity contribution in [2.75, 3.05) is 6.61 Å². The molecule has 0 saturated carbocycles. The molecule has 0 rings (SSSR count). The van der Waals surface area contributed by atoms with Crippen molar-refractivity contribution in [2.45, 2.75) is 38.7 Å². The number of hydrogen-bond acceptors (Lipinski definition) is 4. The van der Waals surface area contributed by atoms with Crippen LogP contribution in [0.3, 0.4) is 0 Å². The molecule has 0 heterocycles. The molecule has 2 atom stereocenters. The summed E-state index contributed by atoms with van der Waals surface area (Å²) in [6.45, 7) is 5.19. The molecule has 0 amide bonds. The number of carboxylic acid groups (broad SMARTS) is 1. The second-order valence-corrected chi connectivity index (χ2v) is 4.02. The van der Waals surface area contributed by atoms with E-state index in [2.05, 4.69) is 6.58 Å². The smallest absolute Gasteiger partial charge is 0.330 e. The Kier molecular flexibility index (Phi) is 8.05. The summed E-state index contributed by atoms with van der Waals surface area (Å²) in [5, 5.41) is 18.1. The van der Waals surface area contributed by atoms with Gasteiger partial charge in [-0.1, -0.05) is 19.9 Å². The number of aliphatic hydroxyl groups is 1. The maximum absolute atomic E-state index is 10.8. The number of aliphatic carboxylic acids is 1. The molecule has 0 aromatic carbocycles. The van der Waals surface area contributed by atoms with E-state index in [4.69, 9.17) is 9.84 Å². The van der Waals surface area contributed by atoms with Gasteiger partial charge in [-0.2, -0.15) is 0 Å². The lowest BCUT2D eigenvalue weighted by Crippen LogP contribution is -2.23. The van der Waals surface area contributed by atoms with Gasteiger partial charge in [-0.05, 0) is 12.8 Å². The Morgan fingerprint density at radius 1 is 1.41 bits per heavy atom. The molecule has 0 aliphatic heterocycles. The zero-order chi connectivity index (χ0) is 13.3. The van der Waals surface area contributed by atoms with Crippen molar-refractivity contribution in [3.8, 4) is 0 Å². The number of unbranched alkanes of at least 4 members (excludes halogenated alkanes) is 1. The molecule has 0 bridgehead atoms. The fourth-order valence-corrected chi connectivity index (χ4v) is 1.30. The summed E-state index contributed by atoms with van der Waals surface area (Å²) in [5.74, 6) is -1.49. The lowest BCUT2D eigenvalue weighted by Gasteiger charge is -2.18. The fourth-order valence-electron chi connectivity index (χ4n) is 1.30. The predicted molar refractivity (Wildman–Crippen MR) is 62.4 cm³/mol. The van der Waals surface area contributed by atoms with Gasteiger partial charge in [-0.3, -0.25) is 4.79 Å². The third-order valence-electron chi connectivity index (χ3n) is 2.45. The summed E-state index contributed by atoms with van der Waals surface area (Å²) < 4.78 is 4.81. The Bertz CT molecular complexity index is 262. The molecule has 0 radical (unpaired) electrons. The average molecular weight is 244 g/mol. The first kappa shape index (κ1) is 15.6. The van der Waals surface area contributed by atoms with E-state index < -0.39 is 18.0 Å². The fraction of sp³-hybridized carbons (Fsp3) is 0.667. The van der Waals surface area contributed by atoms with Crippen molar-refractivity contribution in [3.63, 3.8) is 0 Å². The first-order valence-electron chi connectivity index (χ1n) is 5.66. The first-order valence-corrected chi connectivity index (χ1v) is 5.66. The van der Waals surface area contributed by atoms with E-state index in [0.717, 1.165) is 6.08 Å². The zero-order valence-electron chi connectivity index (χ0n) is 10.1. The van der Waals surface area contributed by atoms with Gasteiger partial charge in [0.05, 0.1) is 12.7 Å². The molecular formula is C12H20O5. The van der Waals surface area contributed by atoms with Gasteiger partial charge in [0.2, 0.25) is 0 Å². The maximum Gasteiger partial charge on any atom is 0.330 e. The number of carbonyl (C=O) groups is 2. The average Bonchev–Trinajstić information content (AvgIpc) is 2.30. The van der Waals surface area contributed by atoms with Crippen molar-refractivity contribution in [2.24, 2.45) is 5.92 Å². The SMILES string of the molecule is C=CC(=O)OCC(C)C(O)CCCCC(=O)O. The summed E-state index contributed by atoms with van der Waals surface area (Å²) in [6, 6.07) is 0. The van der Waals surface area contributed by atoms with Crippen LogP contribution in [0.25, 0.3) is 0 Å². The molecule has 0 aromatic heterocycles. The maximum atomic E-state index is 10.8. The van der Waals surface area contributed by atoms with Crippen molar-refractivity contribution in [1.29, 1.82) is 0 Å². The number of carboxylic acids is 1. The summed E-state index contributed by atoms with van der Waals surface area (Å²) in [7, 11) is 0. The molecule has 5 heteroatoms. The Morgan fingerprint density at radius 3 is 2.59 bits per heavy atom. The van der Waals surface area contributed by atoms with Crippen LogP contribution in [-0.2, 0) is 14.3 Å². The number of hydrogen-bond donors (Lipinski definition) is 2. The van der Waals surface area contributed by atoms with Gasteiger partial charge in [0.1, 0.15) is 0 Å².